The molecule has 0 aliphatic heterocycles. The standard InChI is InChI=1S/C16H23N3O/c1-3-13(11-12-6-7-12)18-15(14-5-4-10-20-14)16-17-8-9-19(16)2/h4-5,8-10,12-13,15,18H,3,6-7,11H2,1-2H3. The lowest BCUT2D eigenvalue weighted by Crippen LogP contribution is -2.34. The molecule has 108 valence electrons. The fraction of sp³-hybridized carbons (Fsp3) is 0.562. The molecule has 0 spiro atoms. The molecule has 2 aromatic heterocycles. The van der Waals surface area contributed by atoms with Gasteiger partial charge in [-0.3, -0.25) is 5.32 Å². The average molecular weight is 273 g/mol. The van der Waals surface area contributed by atoms with Crippen LogP contribution in [-0.2, 0) is 7.05 Å². The van der Waals surface area contributed by atoms with Gasteiger partial charge in [0.05, 0.1) is 6.26 Å². The highest BCUT2D eigenvalue weighted by Crippen LogP contribution is 2.35. The van der Waals surface area contributed by atoms with E-state index >= 15 is 0 Å². The lowest BCUT2D eigenvalue weighted by Gasteiger charge is -2.23. The Morgan fingerprint density at radius 3 is 2.90 bits per heavy atom. The summed E-state index contributed by atoms with van der Waals surface area (Å²) in [6, 6.07) is 4.52. The Kier molecular flexibility index (Phi) is 3.92. The molecule has 0 aromatic carbocycles. The van der Waals surface area contributed by atoms with Crippen molar-refractivity contribution < 1.29 is 4.42 Å². The summed E-state index contributed by atoms with van der Waals surface area (Å²) in [6.45, 7) is 2.25. The lowest BCUT2D eigenvalue weighted by molar-refractivity contribution is 0.362. The largest absolute Gasteiger partial charge is 0.467 e. The molecule has 2 unspecified atom stereocenters. The van der Waals surface area contributed by atoms with Crippen LogP contribution in [0, 0.1) is 5.92 Å². The van der Waals surface area contributed by atoms with Crippen molar-refractivity contribution in [3.8, 4) is 0 Å². The van der Waals surface area contributed by atoms with E-state index in [1.807, 2.05) is 31.6 Å². The third kappa shape index (κ3) is 2.96. The number of hydrogen-bond donors (Lipinski definition) is 1. The van der Waals surface area contributed by atoms with Gasteiger partial charge < -0.3 is 8.98 Å². The minimum Gasteiger partial charge on any atom is -0.467 e. The minimum absolute atomic E-state index is 0.0358. The molecule has 4 heteroatoms. The lowest BCUT2D eigenvalue weighted by atomic mass is 10.1. The summed E-state index contributed by atoms with van der Waals surface area (Å²) in [7, 11) is 2.03. The summed E-state index contributed by atoms with van der Waals surface area (Å²) < 4.78 is 7.68. The molecule has 1 aliphatic carbocycles. The first-order chi connectivity index (χ1) is 9.78. The molecular weight excluding hydrogens is 250 g/mol. The number of furan rings is 1. The zero-order chi connectivity index (χ0) is 13.9. The first-order valence-electron chi connectivity index (χ1n) is 7.54. The molecule has 0 radical (unpaired) electrons. The van der Waals surface area contributed by atoms with E-state index in [2.05, 4.69) is 21.8 Å². The number of nitrogens with zero attached hydrogens (tertiary/aromatic N) is 2. The Labute approximate surface area is 120 Å². The second-order valence-corrected chi connectivity index (χ2v) is 5.80. The molecule has 0 bridgehead atoms. The highest BCUT2D eigenvalue weighted by Gasteiger charge is 2.28. The maximum Gasteiger partial charge on any atom is 0.133 e. The summed E-state index contributed by atoms with van der Waals surface area (Å²) in [6.07, 6.45) is 10.7. The van der Waals surface area contributed by atoms with Crippen LogP contribution < -0.4 is 5.32 Å². The quantitative estimate of drug-likeness (QED) is 0.842. The molecule has 0 saturated heterocycles. The second-order valence-electron chi connectivity index (χ2n) is 5.80. The fourth-order valence-corrected chi connectivity index (χ4v) is 2.74. The molecule has 2 atom stereocenters. The third-order valence-electron chi connectivity index (χ3n) is 4.15. The van der Waals surface area contributed by atoms with Gasteiger partial charge in [0, 0.05) is 25.5 Å². The maximum atomic E-state index is 5.62. The molecule has 2 aromatic rings. The van der Waals surface area contributed by atoms with Crippen molar-refractivity contribution in [2.24, 2.45) is 13.0 Å². The molecule has 1 fully saturated rings. The van der Waals surface area contributed by atoms with Gasteiger partial charge in [-0.25, -0.2) is 4.98 Å². The third-order valence-corrected chi connectivity index (χ3v) is 4.15. The van der Waals surface area contributed by atoms with Crippen LogP contribution in [0.25, 0.3) is 0 Å². The SMILES string of the molecule is CCC(CC1CC1)NC(c1ccco1)c1nccn1C. The van der Waals surface area contributed by atoms with Crippen molar-refractivity contribution in [3.63, 3.8) is 0 Å². The van der Waals surface area contributed by atoms with Gasteiger partial charge in [-0.1, -0.05) is 19.8 Å². The molecule has 1 saturated carbocycles. The van der Waals surface area contributed by atoms with Crippen LogP contribution in [0.4, 0.5) is 0 Å². The molecule has 4 nitrogen and oxygen atoms in total. The summed E-state index contributed by atoms with van der Waals surface area (Å²) in [5.41, 5.74) is 0. The van der Waals surface area contributed by atoms with Crippen molar-refractivity contribution in [1.29, 1.82) is 0 Å². The number of aryl methyl sites for hydroxylation is 1. The summed E-state index contributed by atoms with van der Waals surface area (Å²) in [5.74, 6) is 2.87. The molecule has 1 aliphatic rings. The van der Waals surface area contributed by atoms with Gasteiger partial charge in [0.25, 0.3) is 0 Å². The molecular formula is C16H23N3O. The van der Waals surface area contributed by atoms with Crippen molar-refractivity contribution in [1.82, 2.24) is 14.9 Å². The number of rotatable bonds is 7. The van der Waals surface area contributed by atoms with Gasteiger partial charge in [0.1, 0.15) is 17.6 Å². The second kappa shape index (κ2) is 5.83. The molecule has 0 amide bonds. The first kappa shape index (κ1) is 13.4. The summed E-state index contributed by atoms with van der Waals surface area (Å²) in [5, 5.41) is 3.74. The smallest absolute Gasteiger partial charge is 0.133 e. The van der Waals surface area contributed by atoms with Crippen molar-refractivity contribution >= 4 is 0 Å². The van der Waals surface area contributed by atoms with Gasteiger partial charge >= 0.3 is 0 Å². The van der Waals surface area contributed by atoms with Gasteiger partial charge in [0.15, 0.2) is 0 Å². The molecule has 20 heavy (non-hydrogen) atoms. The van der Waals surface area contributed by atoms with Crippen LogP contribution in [0.1, 0.15) is 50.2 Å². The zero-order valence-corrected chi connectivity index (χ0v) is 12.2. The summed E-state index contributed by atoms with van der Waals surface area (Å²) in [4.78, 5) is 4.49. The fourth-order valence-electron chi connectivity index (χ4n) is 2.74. The monoisotopic (exact) mass is 273 g/mol. The molecule has 2 heterocycles. The van der Waals surface area contributed by atoms with E-state index in [0.717, 1.165) is 23.9 Å². The van der Waals surface area contributed by atoms with Crippen molar-refractivity contribution in [3.05, 3.63) is 42.4 Å². The van der Waals surface area contributed by atoms with E-state index in [0.29, 0.717) is 6.04 Å². The van der Waals surface area contributed by atoms with Gasteiger partial charge in [-0.2, -0.15) is 0 Å². The number of imidazole rings is 1. The predicted molar refractivity (Wildman–Crippen MR) is 78.3 cm³/mol. The number of nitrogens with one attached hydrogen (secondary N) is 1. The predicted octanol–water partition coefficient (Wildman–Crippen LogP) is 3.27. The minimum atomic E-state index is 0.0358. The topological polar surface area (TPSA) is 43.0 Å². The normalized spacial score (nSPS) is 18.1. The Morgan fingerprint density at radius 2 is 2.35 bits per heavy atom. The van der Waals surface area contributed by atoms with Crippen LogP contribution >= 0.6 is 0 Å². The van der Waals surface area contributed by atoms with Crippen LogP contribution in [0.3, 0.4) is 0 Å². The summed E-state index contributed by atoms with van der Waals surface area (Å²) >= 11 is 0. The van der Waals surface area contributed by atoms with Gasteiger partial charge in [-0.15, -0.1) is 0 Å². The number of aromatic nitrogens is 2. The van der Waals surface area contributed by atoms with Gasteiger partial charge in [-0.05, 0) is 30.9 Å². The van der Waals surface area contributed by atoms with E-state index < -0.39 is 0 Å². The Bertz CT molecular complexity index is 528. The Balaban J connectivity index is 1.80. The number of hydrogen-bond acceptors (Lipinski definition) is 3. The Hall–Kier alpha value is -1.55. The highest BCUT2D eigenvalue weighted by molar-refractivity contribution is 5.16. The Morgan fingerprint density at radius 1 is 1.50 bits per heavy atom. The van der Waals surface area contributed by atoms with E-state index in [1.54, 1.807) is 6.26 Å². The van der Waals surface area contributed by atoms with Crippen LogP contribution in [-0.4, -0.2) is 15.6 Å². The zero-order valence-electron chi connectivity index (χ0n) is 12.2. The van der Waals surface area contributed by atoms with E-state index in [9.17, 15) is 0 Å². The van der Waals surface area contributed by atoms with E-state index in [-0.39, 0.29) is 6.04 Å². The maximum absolute atomic E-state index is 5.62. The van der Waals surface area contributed by atoms with E-state index in [1.165, 1.54) is 19.3 Å². The van der Waals surface area contributed by atoms with E-state index in [4.69, 9.17) is 4.42 Å². The molecule has 3 rings (SSSR count). The van der Waals surface area contributed by atoms with Crippen molar-refractivity contribution in [2.75, 3.05) is 0 Å². The molecule has 1 N–H and O–H groups in total. The van der Waals surface area contributed by atoms with Crippen molar-refractivity contribution in [2.45, 2.75) is 44.7 Å². The van der Waals surface area contributed by atoms with Crippen LogP contribution in [0.2, 0.25) is 0 Å². The average Bonchev–Trinajstić information content (AvgIpc) is 2.92. The highest BCUT2D eigenvalue weighted by atomic mass is 16.3. The first-order valence-corrected chi connectivity index (χ1v) is 7.54. The van der Waals surface area contributed by atoms with Crippen LogP contribution in [0.15, 0.2) is 35.2 Å². The van der Waals surface area contributed by atoms with Crippen LogP contribution in [0.5, 0.6) is 0 Å². The van der Waals surface area contributed by atoms with Gasteiger partial charge in [0.2, 0.25) is 0 Å².